The lowest BCUT2D eigenvalue weighted by atomic mass is 10.1. The zero-order chi connectivity index (χ0) is 22.2. The van der Waals surface area contributed by atoms with E-state index >= 15 is 0 Å². The van der Waals surface area contributed by atoms with Crippen LogP contribution in [-0.2, 0) is 0 Å². The summed E-state index contributed by atoms with van der Waals surface area (Å²) in [4.78, 5) is 29.6. The number of amides is 2. The van der Waals surface area contributed by atoms with Crippen LogP contribution in [0, 0.1) is 6.92 Å². The highest BCUT2D eigenvalue weighted by atomic mass is 16.5. The van der Waals surface area contributed by atoms with Crippen LogP contribution in [0.1, 0.15) is 32.1 Å². The van der Waals surface area contributed by atoms with E-state index in [0.29, 0.717) is 28.4 Å². The predicted octanol–water partition coefficient (Wildman–Crippen LogP) is 3.42. The molecule has 1 heterocycles. The van der Waals surface area contributed by atoms with Gasteiger partial charge in [-0.25, -0.2) is 5.43 Å². The quantitative estimate of drug-likeness (QED) is 0.452. The van der Waals surface area contributed by atoms with Crippen molar-refractivity contribution in [1.82, 2.24) is 10.4 Å². The zero-order valence-electron chi connectivity index (χ0n) is 17.4. The highest BCUT2D eigenvalue weighted by Gasteiger charge is 2.15. The van der Waals surface area contributed by atoms with Gasteiger partial charge in [0.05, 0.1) is 37.4 Å². The van der Waals surface area contributed by atoms with Gasteiger partial charge in [-0.3, -0.25) is 14.6 Å². The van der Waals surface area contributed by atoms with E-state index in [1.807, 2.05) is 19.1 Å². The summed E-state index contributed by atoms with van der Waals surface area (Å²) < 4.78 is 10.4. The van der Waals surface area contributed by atoms with Gasteiger partial charge in [-0.1, -0.05) is 18.2 Å². The number of aryl methyl sites for hydroxylation is 1. The Morgan fingerprint density at radius 2 is 1.71 bits per heavy atom. The van der Waals surface area contributed by atoms with Gasteiger partial charge in [-0.2, -0.15) is 5.10 Å². The maximum absolute atomic E-state index is 12.7. The molecule has 0 aliphatic rings. The number of hydrogen-bond acceptors (Lipinski definition) is 6. The van der Waals surface area contributed by atoms with Crippen molar-refractivity contribution in [2.45, 2.75) is 6.92 Å². The van der Waals surface area contributed by atoms with Crippen molar-refractivity contribution in [3.8, 4) is 11.5 Å². The molecule has 3 rings (SSSR count). The van der Waals surface area contributed by atoms with Crippen LogP contribution in [0.25, 0.3) is 0 Å². The highest BCUT2D eigenvalue weighted by molar-refractivity contribution is 6.09. The molecule has 8 heteroatoms. The van der Waals surface area contributed by atoms with E-state index < -0.39 is 11.8 Å². The van der Waals surface area contributed by atoms with Crippen LogP contribution in [0.2, 0.25) is 0 Å². The number of para-hydroxylation sites is 1. The number of rotatable bonds is 7. The molecule has 2 amide bonds. The third kappa shape index (κ3) is 5.45. The van der Waals surface area contributed by atoms with E-state index in [1.165, 1.54) is 20.4 Å². The average molecular weight is 418 g/mol. The maximum Gasteiger partial charge on any atom is 0.273 e. The predicted molar refractivity (Wildman–Crippen MR) is 118 cm³/mol. The minimum Gasteiger partial charge on any atom is -0.493 e. The van der Waals surface area contributed by atoms with Gasteiger partial charge in [0.1, 0.15) is 0 Å². The molecule has 0 aliphatic heterocycles. The molecular weight excluding hydrogens is 396 g/mol. The first-order valence-corrected chi connectivity index (χ1v) is 9.41. The summed E-state index contributed by atoms with van der Waals surface area (Å²) in [5.41, 5.74) is 4.90. The van der Waals surface area contributed by atoms with Gasteiger partial charge in [0.15, 0.2) is 11.5 Å². The molecule has 0 aliphatic carbocycles. The molecule has 0 saturated carbocycles. The van der Waals surface area contributed by atoms with Gasteiger partial charge in [0.25, 0.3) is 11.8 Å². The number of hydrazone groups is 1. The molecule has 0 atom stereocenters. The summed E-state index contributed by atoms with van der Waals surface area (Å²) in [6, 6.07) is 17.0. The Labute approximate surface area is 179 Å². The number of nitrogens with one attached hydrogen (secondary N) is 2. The minimum atomic E-state index is -0.466. The fraction of sp³-hybridized carbons (Fsp3) is 0.130. The second-order valence-corrected chi connectivity index (χ2v) is 6.47. The SMILES string of the molecule is COc1ccc(C(=O)Nc2ccccc2C(=O)NN=Cc2cccc(C)n2)cc1OC. The van der Waals surface area contributed by atoms with Crippen molar-refractivity contribution in [3.05, 3.63) is 83.2 Å². The molecular formula is C23H22N4O4. The Bertz CT molecular complexity index is 1130. The Morgan fingerprint density at radius 3 is 2.45 bits per heavy atom. The summed E-state index contributed by atoms with van der Waals surface area (Å²) in [6.45, 7) is 1.87. The number of pyridine rings is 1. The van der Waals surface area contributed by atoms with Crippen LogP contribution >= 0.6 is 0 Å². The molecule has 0 spiro atoms. The van der Waals surface area contributed by atoms with Crippen molar-refractivity contribution < 1.29 is 19.1 Å². The number of hydrogen-bond donors (Lipinski definition) is 2. The number of nitrogens with zero attached hydrogens (tertiary/aromatic N) is 2. The van der Waals surface area contributed by atoms with Crippen LogP contribution in [0.4, 0.5) is 5.69 Å². The van der Waals surface area contributed by atoms with Crippen molar-refractivity contribution >= 4 is 23.7 Å². The third-order valence-electron chi connectivity index (χ3n) is 4.34. The summed E-state index contributed by atoms with van der Waals surface area (Å²) in [6.07, 6.45) is 1.45. The summed E-state index contributed by atoms with van der Waals surface area (Å²) in [5.74, 6) is 0.0841. The van der Waals surface area contributed by atoms with Crippen molar-refractivity contribution in [2.75, 3.05) is 19.5 Å². The first-order chi connectivity index (χ1) is 15.0. The van der Waals surface area contributed by atoms with Crippen LogP contribution in [-0.4, -0.2) is 37.2 Å². The number of ether oxygens (including phenoxy) is 2. The monoisotopic (exact) mass is 418 g/mol. The summed E-state index contributed by atoms with van der Waals surface area (Å²) in [7, 11) is 3.01. The fourth-order valence-corrected chi connectivity index (χ4v) is 2.82. The normalized spacial score (nSPS) is 10.5. The van der Waals surface area contributed by atoms with Crippen LogP contribution in [0.5, 0.6) is 11.5 Å². The van der Waals surface area contributed by atoms with Crippen LogP contribution in [0.15, 0.2) is 65.8 Å². The number of methoxy groups -OCH3 is 2. The second kappa shape index (κ2) is 10.0. The van der Waals surface area contributed by atoms with Gasteiger partial charge in [-0.15, -0.1) is 0 Å². The molecule has 158 valence electrons. The largest absolute Gasteiger partial charge is 0.493 e. The number of carbonyl (C=O) groups is 2. The smallest absolute Gasteiger partial charge is 0.273 e. The van der Waals surface area contributed by atoms with E-state index in [9.17, 15) is 9.59 Å². The molecule has 0 radical (unpaired) electrons. The zero-order valence-corrected chi connectivity index (χ0v) is 17.4. The van der Waals surface area contributed by atoms with Gasteiger partial charge in [0.2, 0.25) is 0 Å². The van der Waals surface area contributed by atoms with Crippen LogP contribution in [0.3, 0.4) is 0 Å². The minimum absolute atomic E-state index is 0.269. The molecule has 0 bridgehead atoms. The molecule has 3 aromatic rings. The van der Waals surface area contributed by atoms with E-state index in [1.54, 1.807) is 48.5 Å². The molecule has 8 nitrogen and oxygen atoms in total. The lowest BCUT2D eigenvalue weighted by molar-refractivity contribution is 0.0956. The third-order valence-corrected chi connectivity index (χ3v) is 4.34. The van der Waals surface area contributed by atoms with Crippen molar-refractivity contribution in [1.29, 1.82) is 0 Å². The first-order valence-electron chi connectivity index (χ1n) is 9.41. The summed E-state index contributed by atoms with van der Waals surface area (Å²) >= 11 is 0. The molecule has 0 saturated heterocycles. The lowest BCUT2D eigenvalue weighted by Gasteiger charge is -2.12. The van der Waals surface area contributed by atoms with Gasteiger partial charge < -0.3 is 14.8 Å². The maximum atomic E-state index is 12.7. The number of anilines is 1. The molecule has 31 heavy (non-hydrogen) atoms. The number of benzene rings is 2. The molecule has 2 aromatic carbocycles. The lowest BCUT2D eigenvalue weighted by Crippen LogP contribution is -2.21. The van der Waals surface area contributed by atoms with Gasteiger partial charge in [0, 0.05) is 11.3 Å². The molecule has 0 fully saturated rings. The highest BCUT2D eigenvalue weighted by Crippen LogP contribution is 2.28. The van der Waals surface area contributed by atoms with E-state index in [-0.39, 0.29) is 5.56 Å². The van der Waals surface area contributed by atoms with E-state index in [0.717, 1.165) is 5.69 Å². The van der Waals surface area contributed by atoms with Gasteiger partial charge >= 0.3 is 0 Å². The fourth-order valence-electron chi connectivity index (χ4n) is 2.82. The van der Waals surface area contributed by atoms with Crippen molar-refractivity contribution in [2.24, 2.45) is 5.10 Å². The second-order valence-electron chi connectivity index (χ2n) is 6.47. The van der Waals surface area contributed by atoms with Crippen molar-refractivity contribution in [3.63, 3.8) is 0 Å². The number of carbonyl (C=O) groups excluding carboxylic acids is 2. The van der Waals surface area contributed by atoms with Crippen LogP contribution < -0.4 is 20.2 Å². The number of aromatic nitrogens is 1. The Kier molecular flexibility index (Phi) is 6.95. The first kappa shape index (κ1) is 21.5. The summed E-state index contributed by atoms with van der Waals surface area (Å²) in [5, 5.41) is 6.70. The Hall–Kier alpha value is -4.20. The average Bonchev–Trinajstić information content (AvgIpc) is 2.78. The van der Waals surface area contributed by atoms with E-state index in [4.69, 9.17) is 9.47 Å². The van der Waals surface area contributed by atoms with Gasteiger partial charge in [-0.05, 0) is 49.4 Å². The van der Waals surface area contributed by atoms with E-state index in [2.05, 4.69) is 20.8 Å². The Morgan fingerprint density at radius 1 is 0.935 bits per heavy atom. The Balaban J connectivity index is 1.74. The molecule has 0 unspecified atom stereocenters. The molecule has 1 aromatic heterocycles. The topological polar surface area (TPSA) is 102 Å². The standard InChI is InChI=1S/C23H22N4O4/c1-15-7-6-8-17(25-15)14-24-27-23(29)18-9-4-5-10-19(18)26-22(28)16-11-12-20(30-2)21(13-16)31-3/h4-14H,1-3H3,(H,26,28)(H,27,29). The molecule has 2 N–H and O–H groups in total.